The second kappa shape index (κ2) is 9.72. The number of carbonyl (C=O) groups is 2. The molecule has 11 heteroatoms. The van der Waals surface area contributed by atoms with E-state index in [9.17, 15) is 43.1 Å². The van der Waals surface area contributed by atoms with Crippen molar-refractivity contribution in [2.45, 2.75) is 24.9 Å². The summed E-state index contributed by atoms with van der Waals surface area (Å²) in [4.78, 5) is 35.1. The number of hydrogen-bond donors (Lipinski definition) is 2. The average molecular weight is 467 g/mol. The van der Waals surface area contributed by atoms with Gasteiger partial charge in [-0.3, -0.25) is 19.7 Å². The first-order valence-electron chi connectivity index (χ1n) is 9.44. The summed E-state index contributed by atoms with van der Waals surface area (Å²) in [6.07, 6.45) is -5.00. The van der Waals surface area contributed by atoms with E-state index in [2.05, 4.69) is 6.58 Å². The van der Waals surface area contributed by atoms with Crippen molar-refractivity contribution in [3.05, 3.63) is 81.9 Å². The SMILES string of the molecule is C=CCC(C(=O)O)(C(=O)O)C(Cc1cc(C(F)(F)F)ccc1[N+](=O)[O-])c1ccc(OC)cc1. The molecule has 0 radical (unpaired) electrons. The molecule has 0 aliphatic carbocycles. The molecule has 0 aliphatic rings. The number of nitro benzene ring substituents is 1. The molecular weight excluding hydrogens is 447 g/mol. The van der Waals surface area contributed by atoms with E-state index in [1.165, 1.54) is 31.4 Å². The van der Waals surface area contributed by atoms with Crippen molar-refractivity contribution in [2.75, 3.05) is 7.11 Å². The number of allylic oxidation sites excluding steroid dienone is 1. The molecule has 0 aromatic heterocycles. The van der Waals surface area contributed by atoms with Crippen molar-refractivity contribution >= 4 is 17.6 Å². The van der Waals surface area contributed by atoms with Crippen LogP contribution in [0, 0.1) is 15.5 Å². The number of carboxylic acids is 2. The first kappa shape index (κ1) is 25.4. The zero-order valence-electron chi connectivity index (χ0n) is 17.3. The molecular formula is C22H20F3NO7. The summed E-state index contributed by atoms with van der Waals surface area (Å²) in [5.74, 6) is -4.64. The van der Waals surface area contributed by atoms with E-state index in [-0.39, 0.29) is 5.56 Å². The van der Waals surface area contributed by atoms with Crippen molar-refractivity contribution in [1.82, 2.24) is 0 Å². The van der Waals surface area contributed by atoms with Gasteiger partial charge in [0, 0.05) is 17.5 Å². The second-order valence-corrected chi connectivity index (χ2v) is 7.20. The summed E-state index contributed by atoms with van der Waals surface area (Å²) in [5, 5.41) is 31.3. The van der Waals surface area contributed by atoms with Crippen LogP contribution < -0.4 is 4.74 Å². The van der Waals surface area contributed by atoms with Gasteiger partial charge in [0.25, 0.3) is 5.69 Å². The number of alkyl halides is 3. The van der Waals surface area contributed by atoms with E-state index in [4.69, 9.17) is 4.74 Å². The zero-order valence-corrected chi connectivity index (χ0v) is 17.3. The standard InChI is InChI=1S/C22H20F3NO7/c1-3-10-21(19(27)28,20(29)30)17(13-4-7-16(33-2)8-5-13)12-14-11-15(22(23,24)25)6-9-18(14)26(31)32/h3-9,11,17H,1,10,12H2,2H3,(H,27,28)(H,29,30). The van der Waals surface area contributed by atoms with Gasteiger partial charge in [-0.05, 0) is 42.7 Å². The van der Waals surface area contributed by atoms with Gasteiger partial charge in [0.1, 0.15) is 5.75 Å². The highest BCUT2D eigenvalue weighted by molar-refractivity contribution is 5.99. The van der Waals surface area contributed by atoms with Crippen LogP contribution in [0.2, 0.25) is 0 Å². The van der Waals surface area contributed by atoms with E-state index < -0.39 is 64.0 Å². The van der Waals surface area contributed by atoms with Gasteiger partial charge >= 0.3 is 18.1 Å². The van der Waals surface area contributed by atoms with E-state index >= 15 is 0 Å². The quantitative estimate of drug-likeness (QED) is 0.225. The third kappa shape index (κ3) is 5.13. The largest absolute Gasteiger partial charge is 0.497 e. The molecule has 0 saturated heterocycles. The lowest BCUT2D eigenvalue weighted by Crippen LogP contribution is -2.45. The second-order valence-electron chi connectivity index (χ2n) is 7.20. The molecule has 33 heavy (non-hydrogen) atoms. The third-order valence-corrected chi connectivity index (χ3v) is 5.37. The maximum Gasteiger partial charge on any atom is 0.416 e. The van der Waals surface area contributed by atoms with Gasteiger partial charge in [-0.2, -0.15) is 13.2 Å². The van der Waals surface area contributed by atoms with Gasteiger partial charge in [0.15, 0.2) is 5.41 Å². The molecule has 0 spiro atoms. The number of rotatable bonds is 10. The normalized spacial score (nSPS) is 12.6. The van der Waals surface area contributed by atoms with E-state index in [0.29, 0.717) is 23.9 Å². The first-order valence-corrected chi connectivity index (χ1v) is 9.44. The van der Waals surface area contributed by atoms with Gasteiger partial charge < -0.3 is 14.9 Å². The molecule has 0 fully saturated rings. The molecule has 2 aromatic rings. The lowest BCUT2D eigenvalue weighted by molar-refractivity contribution is -0.385. The smallest absolute Gasteiger partial charge is 0.416 e. The minimum atomic E-state index is -4.82. The molecule has 1 unspecified atom stereocenters. The minimum Gasteiger partial charge on any atom is -0.497 e. The Bertz CT molecular complexity index is 1050. The van der Waals surface area contributed by atoms with E-state index in [1.54, 1.807) is 0 Å². The predicted molar refractivity (Wildman–Crippen MR) is 110 cm³/mol. The number of halogens is 3. The minimum absolute atomic E-state index is 0.133. The molecule has 0 heterocycles. The number of aliphatic carboxylic acids is 2. The number of nitro groups is 1. The zero-order chi connectivity index (χ0) is 25.0. The first-order chi connectivity index (χ1) is 15.4. The summed E-state index contributed by atoms with van der Waals surface area (Å²) in [6.45, 7) is 3.41. The molecule has 1 atom stereocenters. The summed E-state index contributed by atoms with van der Waals surface area (Å²) in [5.41, 5.74) is -4.75. The molecule has 2 rings (SSSR count). The molecule has 0 aliphatic heterocycles. The van der Waals surface area contributed by atoms with Crippen molar-refractivity contribution in [3.8, 4) is 5.75 Å². The van der Waals surface area contributed by atoms with Crippen molar-refractivity contribution < 1.29 is 42.6 Å². The monoisotopic (exact) mass is 467 g/mol. The van der Waals surface area contributed by atoms with Crippen LogP contribution in [0.1, 0.15) is 29.0 Å². The van der Waals surface area contributed by atoms with Crippen LogP contribution in [0.15, 0.2) is 55.1 Å². The van der Waals surface area contributed by atoms with Crippen LogP contribution in [0.5, 0.6) is 5.75 Å². The highest BCUT2D eigenvalue weighted by Crippen LogP contribution is 2.45. The maximum atomic E-state index is 13.3. The van der Waals surface area contributed by atoms with Gasteiger partial charge in [-0.1, -0.05) is 18.2 Å². The Balaban J connectivity index is 2.81. The molecule has 0 amide bonds. The highest BCUT2D eigenvalue weighted by Gasteiger charge is 2.53. The number of ether oxygens (including phenoxy) is 1. The topological polar surface area (TPSA) is 127 Å². The van der Waals surface area contributed by atoms with Gasteiger partial charge in [0.05, 0.1) is 17.6 Å². The number of methoxy groups -OCH3 is 1. The Hall–Kier alpha value is -3.89. The van der Waals surface area contributed by atoms with Crippen LogP contribution >= 0.6 is 0 Å². The van der Waals surface area contributed by atoms with Crippen LogP contribution in [0.4, 0.5) is 18.9 Å². The summed E-state index contributed by atoms with van der Waals surface area (Å²) < 4.78 is 44.8. The van der Waals surface area contributed by atoms with Crippen LogP contribution in [-0.2, 0) is 22.2 Å². The van der Waals surface area contributed by atoms with Crippen molar-refractivity contribution in [3.63, 3.8) is 0 Å². The number of nitrogens with zero attached hydrogens (tertiary/aromatic N) is 1. The van der Waals surface area contributed by atoms with Crippen LogP contribution in [-0.4, -0.2) is 34.2 Å². The molecule has 0 saturated carbocycles. The average Bonchev–Trinajstić information content (AvgIpc) is 2.74. The fourth-order valence-electron chi connectivity index (χ4n) is 3.67. The lowest BCUT2D eigenvalue weighted by Gasteiger charge is -2.33. The van der Waals surface area contributed by atoms with Crippen molar-refractivity contribution in [1.29, 1.82) is 0 Å². The highest BCUT2D eigenvalue weighted by atomic mass is 19.4. The molecule has 0 bridgehead atoms. The van der Waals surface area contributed by atoms with E-state index in [1.807, 2.05) is 0 Å². The third-order valence-electron chi connectivity index (χ3n) is 5.37. The summed E-state index contributed by atoms with van der Waals surface area (Å²) in [6, 6.07) is 7.32. The summed E-state index contributed by atoms with van der Waals surface area (Å²) >= 11 is 0. The Kier molecular flexibility index (Phi) is 7.47. The van der Waals surface area contributed by atoms with Gasteiger partial charge in [-0.15, -0.1) is 6.58 Å². The van der Waals surface area contributed by atoms with Crippen LogP contribution in [0.25, 0.3) is 0 Å². The number of hydrogen-bond acceptors (Lipinski definition) is 5. The summed E-state index contributed by atoms with van der Waals surface area (Å²) in [7, 11) is 1.37. The number of carboxylic acid groups (broad SMARTS) is 2. The Morgan fingerprint density at radius 3 is 2.15 bits per heavy atom. The molecule has 8 nitrogen and oxygen atoms in total. The van der Waals surface area contributed by atoms with Gasteiger partial charge in [-0.25, -0.2) is 0 Å². The number of benzene rings is 2. The van der Waals surface area contributed by atoms with Gasteiger partial charge in [0.2, 0.25) is 0 Å². The Morgan fingerprint density at radius 1 is 1.15 bits per heavy atom. The fraction of sp³-hybridized carbons (Fsp3) is 0.273. The Morgan fingerprint density at radius 2 is 1.73 bits per heavy atom. The Labute approximate surface area is 186 Å². The maximum absolute atomic E-state index is 13.3. The van der Waals surface area contributed by atoms with Crippen LogP contribution in [0.3, 0.4) is 0 Å². The van der Waals surface area contributed by atoms with Crippen molar-refractivity contribution in [2.24, 2.45) is 5.41 Å². The molecule has 176 valence electrons. The predicted octanol–water partition coefficient (Wildman–Crippen LogP) is 4.68. The lowest BCUT2D eigenvalue weighted by atomic mass is 9.67. The molecule has 2 N–H and O–H groups in total. The fourth-order valence-corrected chi connectivity index (χ4v) is 3.67. The van der Waals surface area contributed by atoms with E-state index in [0.717, 1.165) is 6.08 Å². The molecule has 2 aromatic carbocycles.